The molecule has 1 aromatic carbocycles. The molecule has 0 amide bonds. The number of benzene rings is 1. The lowest BCUT2D eigenvalue weighted by molar-refractivity contribution is 0.140. The molecule has 0 heterocycles. The monoisotopic (exact) mass is 351 g/mol. The van der Waals surface area contributed by atoms with Crippen LogP contribution in [0.5, 0.6) is 0 Å². The van der Waals surface area contributed by atoms with Crippen molar-refractivity contribution in [3.63, 3.8) is 0 Å². The van der Waals surface area contributed by atoms with Crippen LogP contribution < -0.4 is 0 Å². The van der Waals surface area contributed by atoms with Gasteiger partial charge in [0.15, 0.2) is 0 Å². The normalized spacial score (nSPS) is 29.2. The van der Waals surface area contributed by atoms with Gasteiger partial charge in [-0.25, -0.2) is 0 Å². The molecular weight excluding hydrogens is 314 g/mol. The summed E-state index contributed by atoms with van der Waals surface area (Å²) in [5, 5.41) is 8.90. The van der Waals surface area contributed by atoms with E-state index >= 15 is 0 Å². The van der Waals surface area contributed by atoms with Crippen molar-refractivity contribution in [2.24, 2.45) is 23.7 Å². The third kappa shape index (κ3) is 5.60. The van der Waals surface area contributed by atoms with Crippen LogP contribution in [0.1, 0.15) is 95.1 Å². The predicted octanol–water partition coefficient (Wildman–Crippen LogP) is 7.29. The summed E-state index contributed by atoms with van der Waals surface area (Å²) in [6.07, 6.45) is 18.8. The molecule has 142 valence electrons. The number of nitriles is 1. The Bertz CT molecular complexity index is 551. The van der Waals surface area contributed by atoms with Gasteiger partial charge in [0, 0.05) is 0 Å². The fourth-order valence-electron chi connectivity index (χ4n) is 5.51. The first-order valence-electron chi connectivity index (χ1n) is 11.3. The van der Waals surface area contributed by atoms with E-state index in [1.165, 1.54) is 89.0 Å². The highest BCUT2D eigenvalue weighted by atomic mass is 14.4. The molecule has 0 unspecified atom stereocenters. The van der Waals surface area contributed by atoms with Gasteiger partial charge in [0.2, 0.25) is 0 Å². The first-order chi connectivity index (χ1) is 12.8. The quantitative estimate of drug-likeness (QED) is 0.506. The Balaban J connectivity index is 1.34. The average Bonchev–Trinajstić information content (AvgIpc) is 2.72. The van der Waals surface area contributed by atoms with Crippen LogP contribution in [-0.4, -0.2) is 0 Å². The van der Waals surface area contributed by atoms with Crippen molar-refractivity contribution in [2.45, 2.75) is 90.4 Å². The molecule has 0 atom stereocenters. The Labute approximate surface area is 161 Å². The standard InChI is InChI=1S/C25H37N/c1-2-3-4-20-11-15-24(16-12-20)25-17-13-22(14-18-25)6-5-21-7-9-23(19-26)10-8-21/h7-10,20,22,24-25H,2-6,11-18H2,1H3/t20-,22?,24-,25?. The molecule has 26 heavy (non-hydrogen) atoms. The maximum absolute atomic E-state index is 8.90. The van der Waals surface area contributed by atoms with E-state index in [2.05, 4.69) is 25.1 Å². The van der Waals surface area contributed by atoms with Crippen molar-refractivity contribution in [1.82, 2.24) is 0 Å². The van der Waals surface area contributed by atoms with Gasteiger partial charge < -0.3 is 0 Å². The van der Waals surface area contributed by atoms with E-state index in [-0.39, 0.29) is 0 Å². The van der Waals surface area contributed by atoms with Crippen molar-refractivity contribution < 1.29 is 0 Å². The summed E-state index contributed by atoms with van der Waals surface area (Å²) >= 11 is 0. The lowest BCUT2D eigenvalue weighted by Gasteiger charge is -2.38. The van der Waals surface area contributed by atoms with Crippen LogP contribution >= 0.6 is 0 Å². The molecule has 0 saturated heterocycles. The van der Waals surface area contributed by atoms with Crippen LogP contribution in [0, 0.1) is 35.0 Å². The highest BCUT2D eigenvalue weighted by Gasteiger charge is 2.30. The van der Waals surface area contributed by atoms with Gasteiger partial charge in [0.25, 0.3) is 0 Å². The molecule has 2 aliphatic rings. The van der Waals surface area contributed by atoms with Crippen LogP contribution in [0.25, 0.3) is 0 Å². The highest BCUT2D eigenvalue weighted by molar-refractivity contribution is 5.31. The third-order valence-electron chi connectivity index (χ3n) is 7.34. The Kier molecular flexibility index (Phi) is 7.60. The zero-order chi connectivity index (χ0) is 18.2. The van der Waals surface area contributed by atoms with Gasteiger partial charge in [-0.2, -0.15) is 5.26 Å². The molecule has 0 aliphatic heterocycles. The fraction of sp³-hybridized carbons (Fsp3) is 0.720. The molecule has 2 saturated carbocycles. The van der Waals surface area contributed by atoms with Crippen molar-refractivity contribution in [1.29, 1.82) is 5.26 Å². The van der Waals surface area contributed by atoms with Crippen LogP contribution in [-0.2, 0) is 6.42 Å². The fourth-order valence-corrected chi connectivity index (χ4v) is 5.51. The summed E-state index contributed by atoms with van der Waals surface area (Å²) in [7, 11) is 0. The minimum atomic E-state index is 0.777. The molecule has 1 heteroatoms. The zero-order valence-electron chi connectivity index (χ0n) is 16.8. The van der Waals surface area contributed by atoms with Gasteiger partial charge in [-0.1, -0.05) is 64.0 Å². The van der Waals surface area contributed by atoms with Crippen molar-refractivity contribution in [3.05, 3.63) is 35.4 Å². The van der Waals surface area contributed by atoms with E-state index in [0.717, 1.165) is 29.2 Å². The van der Waals surface area contributed by atoms with Crippen LogP contribution in [0.15, 0.2) is 24.3 Å². The number of hydrogen-bond donors (Lipinski definition) is 0. The lowest BCUT2D eigenvalue weighted by Crippen LogP contribution is -2.26. The summed E-state index contributed by atoms with van der Waals surface area (Å²) in [5.41, 5.74) is 2.18. The Morgan fingerprint density at radius 2 is 1.35 bits per heavy atom. The SMILES string of the molecule is CCCC[C@H]1CC[C@H](C2CCC(CCc3ccc(C#N)cc3)CC2)CC1. The van der Waals surface area contributed by atoms with Gasteiger partial charge in [0.05, 0.1) is 11.6 Å². The van der Waals surface area contributed by atoms with E-state index in [1.54, 1.807) is 0 Å². The maximum atomic E-state index is 8.90. The minimum absolute atomic E-state index is 0.777. The number of hydrogen-bond acceptors (Lipinski definition) is 1. The summed E-state index contributed by atoms with van der Waals surface area (Å²) in [6, 6.07) is 10.4. The number of nitrogens with zero attached hydrogens (tertiary/aromatic N) is 1. The van der Waals surface area contributed by atoms with E-state index in [9.17, 15) is 0 Å². The molecule has 0 N–H and O–H groups in total. The molecule has 0 radical (unpaired) electrons. The van der Waals surface area contributed by atoms with E-state index in [4.69, 9.17) is 5.26 Å². The minimum Gasteiger partial charge on any atom is -0.192 e. The molecule has 1 aromatic rings. The number of aryl methyl sites for hydroxylation is 1. The van der Waals surface area contributed by atoms with E-state index in [0.29, 0.717) is 0 Å². The van der Waals surface area contributed by atoms with Crippen LogP contribution in [0.3, 0.4) is 0 Å². The smallest absolute Gasteiger partial charge is 0.0991 e. The molecule has 3 rings (SSSR count). The predicted molar refractivity (Wildman–Crippen MR) is 110 cm³/mol. The Morgan fingerprint density at radius 1 is 0.808 bits per heavy atom. The summed E-state index contributed by atoms with van der Waals surface area (Å²) < 4.78 is 0. The van der Waals surface area contributed by atoms with Crippen molar-refractivity contribution in [2.75, 3.05) is 0 Å². The molecule has 1 nitrogen and oxygen atoms in total. The maximum Gasteiger partial charge on any atom is 0.0991 e. The second-order valence-corrected chi connectivity index (χ2v) is 9.05. The summed E-state index contributed by atoms with van der Waals surface area (Å²) in [4.78, 5) is 0. The number of unbranched alkanes of at least 4 members (excludes halogenated alkanes) is 1. The van der Waals surface area contributed by atoms with E-state index in [1.807, 2.05) is 12.1 Å². The van der Waals surface area contributed by atoms with Gasteiger partial charge in [-0.15, -0.1) is 0 Å². The Hall–Kier alpha value is -1.29. The molecule has 0 aromatic heterocycles. The highest BCUT2D eigenvalue weighted by Crippen LogP contribution is 2.43. The van der Waals surface area contributed by atoms with Crippen molar-refractivity contribution in [3.8, 4) is 6.07 Å². The average molecular weight is 352 g/mol. The summed E-state index contributed by atoms with van der Waals surface area (Å²) in [5.74, 6) is 4.07. The first-order valence-corrected chi connectivity index (χ1v) is 11.3. The second kappa shape index (κ2) is 10.1. The second-order valence-electron chi connectivity index (χ2n) is 9.05. The van der Waals surface area contributed by atoms with Gasteiger partial charge >= 0.3 is 0 Å². The zero-order valence-corrected chi connectivity index (χ0v) is 16.8. The number of rotatable bonds is 7. The topological polar surface area (TPSA) is 23.8 Å². The Morgan fingerprint density at radius 3 is 1.85 bits per heavy atom. The largest absolute Gasteiger partial charge is 0.192 e. The van der Waals surface area contributed by atoms with Crippen molar-refractivity contribution >= 4 is 0 Å². The van der Waals surface area contributed by atoms with E-state index < -0.39 is 0 Å². The molecule has 2 fully saturated rings. The van der Waals surface area contributed by atoms with Gasteiger partial charge in [0.1, 0.15) is 0 Å². The lowest BCUT2D eigenvalue weighted by atomic mass is 9.68. The summed E-state index contributed by atoms with van der Waals surface area (Å²) in [6.45, 7) is 2.32. The first kappa shape index (κ1) is 19.5. The van der Waals surface area contributed by atoms with Crippen LogP contribution in [0.2, 0.25) is 0 Å². The molecule has 0 bridgehead atoms. The third-order valence-corrected chi connectivity index (χ3v) is 7.34. The van der Waals surface area contributed by atoms with Gasteiger partial charge in [-0.3, -0.25) is 0 Å². The molecule has 0 spiro atoms. The van der Waals surface area contributed by atoms with Crippen LogP contribution in [0.4, 0.5) is 0 Å². The molecular formula is C25H37N. The van der Waals surface area contributed by atoms with Gasteiger partial charge in [-0.05, 0) is 79.9 Å². The molecule has 2 aliphatic carbocycles.